The number of alkyl halides is 1. The van der Waals surface area contributed by atoms with E-state index < -0.39 is 0 Å². The van der Waals surface area contributed by atoms with Gasteiger partial charge in [0.05, 0.1) is 6.67 Å². The van der Waals surface area contributed by atoms with Crippen molar-refractivity contribution in [2.75, 3.05) is 19.0 Å². The van der Waals surface area contributed by atoms with Crippen LogP contribution in [0.4, 0.5) is 4.39 Å². The zero-order chi connectivity index (χ0) is 11.8. The molecule has 3 heteroatoms. The minimum absolute atomic E-state index is 0.262. The molecule has 0 aromatic heterocycles. The lowest BCUT2D eigenvalue weighted by Gasteiger charge is -2.07. The van der Waals surface area contributed by atoms with Gasteiger partial charge in [0.1, 0.15) is 0 Å². The number of hydrogen-bond donors (Lipinski definition) is 1. The van der Waals surface area contributed by atoms with Gasteiger partial charge in [0, 0.05) is 17.2 Å². The second-order valence-electron chi connectivity index (χ2n) is 4.21. The van der Waals surface area contributed by atoms with Crippen molar-refractivity contribution in [2.45, 2.75) is 25.3 Å². The lowest BCUT2D eigenvalue weighted by molar-refractivity contribution is 0.533. The largest absolute Gasteiger partial charge is 0.312 e. The highest BCUT2D eigenvalue weighted by atomic mass is 32.2. The molecule has 90 valence electrons. The maximum Gasteiger partial charge on any atom is 0.0988 e. The number of halogens is 1. The van der Waals surface area contributed by atoms with Crippen LogP contribution < -0.4 is 5.32 Å². The van der Waals surface area contributed by atoms with Gasteiger partial charge < -0.3 is 5.32 Å². The highest BCUT2D eigenvalue weighted by Crippen LogP contribution is 2.18. The summed E-state index contributed by atoms with van der Waals surface area (Å²) in [5.74, 6) is 1.23. The third-order valence-corrected chi connectivity index (χ3v) is 3.11. The van der Waals surface area contributed by atoms with Crippen molar-refractivity contribution < 1.29 is 4.39 Å². The lowest BCUT2D eigenvalue weighted by atomic mass is 10.2. The van der Waals surface area contributed by atoms with Crippen LogP contribution in [0.25, 0.3) is 0 Å². The van der Waals surface area contributed by atoms with Crippen molar-refractivity contribution in [1.29, 1.82) is 0 Å². The molecule has 1 rings (SSSR count). The average molecular weight is 241 g/mol. The molecule has 0 aliphatic carbocycles. The Morgan fingerprint density at radius 1 is 1.25 bits per heavy atom. The molecule has 0 unspecified atom stereocenters. The van der Waals surface area contributed by atoms with E-state index >= 15 is 0 Å². The summed E-state index contributed by atoms with van der Waals surface area (Å²) in [5.41, 5.74) is 1.28. The van der Waals surface area contributed by atoms with Crippen LogP contribution in [-0.4, -0.2) is 19.0 Å². The number of hydrogen-bond acceptors (Lipinski definition) is 2. The van der Waals surface area contributed by atoms with E-state index in [2.05, 4.69) is 43.4 Å². The van der Waals surface area contributed by atoms with E-state index in [1.54, 1.807) is 11.8 Å². The van der Waals surface area contributed by atoms with Gasteiger partial charge >= 0.3 is 0 Å². The number of thioether (sulfide) groups is 1. The first-order valence-corrected chi connectivity index (χ1v) is 6.69. The average Bonchev–Trinajstić information content (AvgIpc) is 2.27. The van der Waals surface area contributed by atoms with Crippen molar-refractivity contribution in [2.24, 2.45) is 5.92 Å². The maximum atomic E-state index is 12.0. The summed E-state index contributed by atoms with van der Waals surface area (Å²) in [6.07, 6.45) is 0. The number of nitrogens with one attached hydrogen (secondary N) is 1. The van der Waals surface area contributed by atoms with Crippen LogP contribution >= 0.6 is 11.8 Å². The molecule has 1 nitrogen and oxygen atoms in total. The van der Waals surface area contributed by atoms with Gasteiger partial charge in [-0.3, -0.25) is 4.39 Å². The Morgan fingerprint density at radius 2 is 1.94 bits per heavy atom. The highest BCUT2D eigenvalue weighted by molar-refractivity contribution is 7.99. The van der Waals surface area contributed by atoms with Gasteiger partial charge in [0.15, 0.2) is 0 Å². The molecule has 0 radical (unpaired) electrons. The Kier molecular flexibility index (Phi) is 6.50. The van der Waals surface area contributed by atoms with E-state index in [0.717, 1.165) is 18.0 Å². The highest BCUT2D eigenvalue weighted by Gasteiger charge is 1.97. The monoisotopic (exact) mass is 241 g/mol. The van der Waals surface area contributed by atoms with Crippen LogP contribution in [-0.2, 0) is 6.54 Å². The van der Waals surface area contributed by atoms with Gasteiger partial charge in [-0.05, 0) is 30.2 Å². The molecule has 0 saturated heterocycles. The Labute approximate surface area is 102 Å². The molecule has 0 bridgehead atoms. The Hall–Kier alpha value is -0.540. The molecular weight excluding hydrogens is 221 g/mol. The molecule has 0 spiro atoms. The summed E-state index contributed by atoms with van der Waals surface area (Å²) >= 11 is 1.56. The third kappa shape index (κ3) is 5.52. The molecule has 0 amide bonds. The standard InChI is InChI=1S/C13H20FNS/c1-11(2)9-15-10-12-3-5-13(6-4-12)16-8-7-14/h3-6,11,15H,7-10H2,1-2H3. The topological polar surface area (TPSA) is 12.0 Å². The van der Waals surface area contributed by atoms with E-state index in [1.807, 2.05) is 0 Å². The van der Waals surface area contributed by atoms with E-state index in [-0.39, 0.29) is 6.67 Å². The van der Waals surface area contributed by atoms with Gasteiger partial charge in [-0.25, -0.2) is 0 Å². The van der Waals surface area contributed by atoms with Crippen LogP contribution in [0.5, 0.6) is 0 Å². The van der Waals surface area contributed by atoms with Gasteiger partial charge in [0.2, 0.25) is 0 Å². The molecular formula is C13H20FNS. The third-order valence-electron chi connectivity index (χ3n) is 2.15. The molecule has 0 heterocycles. The predicted molar refractivity (Wildman–Crippen MR) is 69.7 cm³/mol. The van der Waals surface area contributed by atoms with Crippen molar-refractivity contribution >= 4 is 11.8 Å². The van der Waals surface area contributed by atoms with E-state index in [4.69, 9.17) is 0 Å². The Balaban J connectivity index is 2.33. The Morgan fingerprint density at radius 3 is 2.50 bits per heavy atom. The smallest absolute Gasteiger partial charge is 0.0988 e. The molecule has 1 aromatic rings. The van der Waals surface area contributed by atoms with E-state index in [9.17, 15) is 4.39 Å². The second kappa shape index (κ2) is 7.69. The molecule has 0 fully saturated rings. The maximum absolute atomic E-state index is 12.0. The first-order chi connectivity index (χ1) is 7.72. The fourth-order valence-corrected chi connectivity index (χ4v) is 2.01. The molecule has 1 aromatic carbocycles. The van der Waals surface area contributed by atoms with Crippen molar-refractivity contribution in [3.8, 4) is 0 Å². The summed E-state index contributed by atoms with van der Waals surface area (Å²) in [5, 5.41) is 3.40. The zero-order valence-corrected chi connectivity index (χ0v) is 10.8. The van der Waals surface area contributed by atoms with E-state index in [1.165, 1.54) is 5.56 Å². The van der Waals surface area contributed by atoms with Crippen LogP contribution in [0, 0.1) is 5.92 Å². The van der Waals surface area contributed by atoms with Gasteiger partial charge in [-0.15, -0.1) is 11.8 Å². The fourth-order valence-electron chi connectivity index (χ4n) is 1.37. The second-order valence-corrected chi connectivity index (χ2v) is 5.37. The molecule has 1 N–H and O–H groups in total. The van der Waals surface area contributed by atoms with Crippen LogP contribution in [0.3, 0.4) is 0 Å². The van der Waals surface area contributed by atoms with Crippen molar-refractivity contribution in [3.05, 3.63) is 29.8 Å². The quantitative estimate of drug-likeness (QED) is 0.733. The van der Waals surface area contributed by atoms with Crippen molar-refractivity contribution in [3.63, 3.8) is 0 Å². The summed E-state index contributed by atoms with van der Waals surface area (Å²) < 4.78 is 12.0. The zero-order valence-electron chi connectivity index (χ0n) is 10.0. The van der Waals surface area contributed by atoms with Crippen LogP contribution in [0.15, 0.2) is 29.2 Å². The van der Waals surface area contributed by atoms with Crippen LogP contribution in [0.2, 0.25) is 0 Å². The Bertz CT molecular complexity index is 284. The van der Waals surface area contributed by atoms with E-state index in [0.29, 0.717) is 11.7 Å². The summed E-state index contributed by atoms with van der Waals surface area (Å²) in [6, 6.07) is 8.33. The fraction of sp³-hybridized carbons (Fsp3) is 0.538. The molecule has 0 atom stereocenters. The predicted octanol–water partition coefficient (Wildman–Crippen LogP) is 3.49. The lowest BCUT2D eigenvalue weighted by Crippen LogP contribution is -2.18. The number of benzene rings is 1. The first-order valence-electron chi connectivity index (χ1n) is 5.71. The van der Waals surface area contributed by atoms with Gasteiger partial charge in [0.25, 0.3) is 0 Å². The molecule has 0 aliphatic heterocycles. The minimum Gasteiger partial charge on any atom is -0.312 e. The first kappa shape index (κ1) is 13.5. The minimum atomic E-state index is -0.262. The van der Waals surface area contributed by atoms with Gasteiger partial charge in [-0.2, -0.15) is 0 Å². The normalized spacial score (nSPS) is 11.0. The molecule has 16 heavy (non-hydrogen) atoms. The van der Waals surface area contributed by atoms with Gasteiger partial charge in [-0.1, -0.05) is 26.0 Å². The number of rotatable bonds is 7. The molecule has 0 saturated carbocycles. The van der Waals surface area contributed by atoms with Crippen LogP contribution in [0.1, 0.15) is 19.4 Å². The summed E-state index contributed by atoms with van der Waals surface area (Å²) in [6.45, 7) is 6.08. The molecule has 0 aliphatic rings. The SMILES string of the molecule is CC(C)CNCc1ccc(SCCF)cc1. The summed E-state index contributed by atoms with van der Waals surface area (Å²) in [7, 11) is 0. The summed E-state index contributed by atoms with van der Waals surface area (Å²) in [4.78, 5) is 1.14. The van der Waals surface area contributed by atoms with Crippen molar-refractivity contribution in [1.82, 2.24) is 5.32 Å².